The monoisotopic (exact) mass is 598 g/mol. The lowest BCUT2D eigenvalue weighted by atomic mass is 10.2. The Bertz CT molecular complexity index is 1210. The van der Waals surface area contributed by atoms with E-state index >= 15 is 0 Å². The molecule has 0 radical (unpaired) electrons. The third-order valence-corrected chi connectivity index (χ3v) is 5.99. The Kier molecular flexibility index (Phi) is 22.3. The van der Waals surface area contributed by atoms with Crippen molar-refractivity contribution in [3.63, 3.8) is 0 Å². The van der Waals surface area contributed by atoms with Crippen LogP contribution in [0.15, 0.2) is 110 Å². The van der Waals surface area contributed by atoms with Crippen LogP contribution in [0.4, 0.5) is 5.69 Å². The van der Waals surface area contributed by atoms with Gasteiger partial charge in [0.2, 0.25) is 5.91 Å². The van der Waals surface area contributed by atoms with E-state index in [1.807, 2.05) is 13.8 Å². The first kappa shape index (κ1) is 37.5. The van der Waals surface area contributed by atoms with E-state index in [0.29, 0.717) is 36.3 Å². The van der Waals surface area contributed by atoms with Crippen molar-refractivity contribution in [2.75, 3.05) is 18.4 Å². The predicted octanol–water partition coefficient (Wildman–Crippen LogP) is 8.13. The lowest BCUT2D eigenvalue weighted by Crippen LogP contribution is -2.34. The number of unbranched alkanes of at least 4 members (excludes halogenated alkanes) is 1. The molecule has 0 bridgehead atoms. The fraction of sp³-hybridized carbons (Fsp3) is 0.351. The summed E-state index contributed by atoms with van der Waals surface area (Å²) in [5.74, 6) is -0.535. The minimum absolute atomic E-state index is 0.0229. The minimum Gasteiger partial charge on any atom is -0.354 e. The van der Waals surface area contributed by atoms with Crippen molar-refractivity contribution in [2.45, 2.75) is 72.1 Å². The first-order valence-corrected chi connectivity index (χ1v) is 15.7. The molecule has 0 atom stereocenters. The van der Waals surface area contributed by atoms with Crippen molar-refractivity contribution < 1.29 is 14.4 Å². The molecule has 0 saturated heterocycles. The molecule has 0 aliphatic heterocycles. The van der Waals surface area contributed by atoms with Crippen molar-refractivity contribution in [2.24, 2.45) is 0 Å². The fourth-order valence-corrected chi connectivity index (χ4v) is 3.72. The summed E-state index contributed by atoms with van der Waals surface area (Å²) in [4.78, 5) is 40.5. The van der Waals surface area contributed by atoms with Crippen molar-refractivity contribution in [3.8, 4) is 0 Å². The molecule has 7 heteroatoms. The summed E-state index contributed by atoms with van der Waals surface area (Å²) in [5, 5.41) is 8.39. The lowest BCUT2D eigenvalue weighted by molar-refractivity contribution is -0.121. The number of allylic oxidation sites excluding steroid dienone is 10. The van der Waals surface area contributed by atoms with Crippen LogP contribution in [0.5, 0.6) is 0 Å². The molecular formula is C37H50N4O3. The van der Waals surface area contributed by atoms with Gasteiger partial charge < -0.3 is 16.0 Å². The highest BCUT2D eigenvalue weighted by molar-refractivity contribution is 6.04. The molecule has 0 aliphatic rings. The zero-order chi connectivity index (χ0) is 32.1. The highest BCUT2D eigenvalue weighted by Gasteiger charge is 2.08. The molecule has 2 rings (SSSR count). The number of nitrogens with zero attached hydrogens (tertiary/aromatic N) is 1. The minimum atomic E-state index is -0.270. The number of pyridine rings is 1. The van der Waals surface area contributed by atoms with Crippen molar-refractivity contribution in [1.29, 1.82) is 0 Å². The molecule has 1 heterocycles. The molecule has 3 N–H and O–H groups in total. The molecule has 0 unspecified atom stereocenters. The third kappa shape index (κ3) is 18.8. The zero-order valence-corrected chi connectivity index (χ0v) is 26.6. The number of aromatic nitrogens is 1. The molecule has 1 aromatic heterocycles. The van der Waals surface area contributed by atoms with Crippen molar-refractivity contribution in [1.82, 2.24) is 15.6 Å². The highest BCUT2D eigenvalue weighted by Crippen LogP contribution is 2.11. The molecule has 3 amide bonds. The summed E-state index contributed by atoms with van der Waals surface area (Å²) < 4.78 is 0. The molecule has 2 aromatic rings. The van der Waals surface area contributed by atoms with Gasteiger partial charge in [0, 0.05) is 43.2 Å². The maximum Gasteiger partial charge on any atom is 0.257 e. The molecule has 0 saturated carbocycles. The number of nitrogens with one attached hydrogen (secondary N) is 3. The lowest BCUT2D eigenvalue weighted by Gasteiger charge is -2.08. The molecule has 44 heavy (non-hydrogen) atoms. The second-order valence-corrected chi connectivity index (χ2v) is 9.48. The largest absolute Gasteiger partial charge is 0.354 e. The van der Waals surface area contributed by atoms with Crippen LogP contribution in [0.3, 0.4) is 0 Å². The number of amides is 3. The van der Waals surface area contributed by atoms with E-state index < -0.39 is 0 Å². The van der Waals surface area contributed by atoms with Gasteiger partial charge in [0.1, 0.15) is 0 Å². The van der Waals surface area contributed by atoms with Crippen LogP contribution in [0, 0.1) is 0 Å². The number of carbonyl (C=O) groups is 3. The van der Waals surface area contributed by atoms with Crippen LogP contribution in [0.1, 0.15) is 92.9 Å². The van der Waals surface area contributed by atoms with Crippen LogP contribution in [-0.4, -0.2) is 35.8 Å². The quantitative estimate of drug-likeness (QED) is 0.112. The molecule has 1 aromatic carbocycles. The number of hydrogen-bond acceptors (Lipinski definition) is 4. The van der Waals surface area contributed by atoms with Gasteiger partial charge in [0.25, 0.3) is 11.8 Å². The van der Waals surface area contributed by atoms with Crippen LogP contribution >= 0.6 is 0 Å². The Balaban J connectivity index is 0.00000474. The number of hydrogen-bond donors (Lipinski definition) is 3. The summed E-state index contributed by atoms with van der Waals surface area (Å²) in [6.07, 6.45) is 31.8. The topological polar surface area (TPSA) is 100 Å². The van der Waals surface area contributed by atoms with E-state index in [2.05, 4.69) is 88.6 Å². The molecule has 236 valence electrons. The van der Waals surface area contributed by atoms with E-state index in [9.17, 15) is 14.4 Å². The Hall–Kier alpha value is -4.52. The maximum absolute atomic E-state index is 12.4. The van der Waals surface area contributed by atoms with Gasteiger partial charge in [-0.1, -0.05) is 81.5 Å². The Morgan fingerprint density at radius 1 is 0.682 bits per heavy atom. The van der Waals surface area contributed by atoms with Gasteiger partial charge >= 0.3 is 0 Å². The van der Waals surface area contributed by atoms with Gasteiger partial charge in [-0.2, -0.15) is 0 Å². The van der Waals surface area contributed by atoms with E-state index in [0.717, 1.165) is 44.9 Å². The molecule has 7 nitrogen and oxygen atoms in total. The van der Waals surface area contributed by atoms with Crippen molar-refractivity contribution in [3.05, 3.63) is 121 Å². The highest BCUT2D eigenvalue weighted by atomic mass is 16.2. The van der Waals surface area contributed by atoms with Gasteiger partial charge in [0.05, 0.1) is 5.56 Å². The molecule has 0 spiro atoms. The van der Waals surface area contributed by atoms with E-state index in [1.165, 1.54) is 6.20 Å². The average Bonchev–Trinajstić information content (AvgIpc) is 3.06. The summed E-state index contributed by atoms with van der Waals surface area (Å²) in [6, 6.07) is 9.99. The smallest absolute Gasteiger partial charge is 0.257 e. The summed E-state index contributed by atoms with van der Waals surface area (Å²) in [5.41, 5.74) is 1.51. The first-order chi connectivity index (χ1) is 21.6. The van der Waals surface area contributed by atoms with Crippen LogP contribution in [0.2, 0.25) is 0 Å². The summed E-state index contributed by atoms with van der Waals surface area (Å²) in [7, 11) is 0. The SMILES string of the molecule is CC.CC/C=C\C/C=C\C/C=C\C/C=C\C/C=C\CCCC(=O)NCCNC(=O)c1ccc(NC(=O)c2cccnc2)cc1. The second kappa shape index (κ2) is 26.1. The molecule has 0 fully saturated rings. The molecular weight excluding hydrogens is 548 g/mol. The van der Waals surface area contributed by atoms with Crippen LogP contribution < -0.4 is 16.0 Å². The van der Waals surface area contributed by atoms with Gasteiger partial charge in [0.15, 0.2) is 0 Å². The maximum atomic E-state index is 12.4. The van der Waals surface area contributed by atoms with Crippen LogP contribution in [0.25, 0.3) is 0 Å². The standard InChI is InChI=1S/C35H44N4O3.C2H6/c1-2-3-4-5-6-7-8-9-10-11-12-13-14-15-16-17-18-21-33(40)37-27-28-38-34(41)30-22-24-32(25-23-30)39-35(42)31-20-19-26-36-29-31;1-2/h3-4,6-7,9-10,12-13,15-16,19-20,22-26,29H,2,5,8,11,14,17-18,21,27-28H2,1H3,(H,37,40)(H,38,41)(H,39,42);1-2H3/b4-3-,7-6-,10-9-,13-12-,16-15-;. The Morgan fingerprint density at radius 3 is 1.82 bits per heavy atom. The Morgan fingerprint density at radius 2 is 1.25 bits per heavy atom. The van der Waals surface area contributed by atoms with Gasteiger partial charge in [-0.15, -0.1) is 0 Å². The van der Waals surface area contributed by atoms with Crippen LogP contribution in [-0.2, 0) is 4.79 Å². The fourth-order valence-electron chi connectivity index (χ4n) is 3.72. The van der Waals surface area contributed by atoms with E-state index in [-0.39, 0.29) is 17.7 Å². The molecule has 0 aliphatic carbocycles. The number of rotatable bonds is 19. The van der Waals surface area contributed by atoms with Gasteiger partial charge in [-0.05, 0) is 81.3 Å². The summed E-state index contributed by atoms with van der Waals surface area (Å²) in [6.45, 7) is 6.84. The average molecular weight is 599 g/mol. The number of benzene rings is 1. The predicted molar refractivity (Wildman–Crippen MR) is 184 cm³/mol. The number of anilines is 1. The van der Waals surface area contributed by atoms with Gasteiger partial charge in [-0.25, -0.2) is 0 Å². The van der Waals surface area contributed by atoms with Gasteiger partial charge in [-0.3, -0.25) is 19.4 Å². The number of carbonyl (C=O) groups excluding carboxylic acids is 3. The van der Waals surface area contributed by atoms with E-state index in [1.54, 1.807) is 42.6 Å². The zero-order valence-electron chi connectivity index (χ0n) is 26.6. The second-order valence-electron chi connectivity index (χ2n) is 9.48. The van der Waals surface area contributed by atoms with E-state index in [4.69, 9.17) is 0 Å². The Labute approximate surface area is 264 Å². The normalized spacial score (nSPS) is 11.3. The summed E-state index contributed by atoms with van der Waals surface area (Å²) >= 11 is 0. The first-order valence-electron chi connectivity index (χ1n) is 15.7. The third-order valence-electron chi connectivity index (χ3n) is 5.99. The van der Waals surface area contributed by atoms with Crippen molar-refractivity contribution >= 4 is 23.4 Å².